The summed E-state index contributed by atoms with van der Waals surface area (Å²) in [4.78, 5) is 24.6. The molecule has 3 N–H and O–H groups in total. The standard InChI is InChI=1S/C28H40N2O4/c1-17(31)18-4-6-19(7-5-18)29-26(33)16-34-24-11-9-21-20-8-10-23-27(2,15-13-25(32)30-23)22(20)12-14-28(21,24)3/h4-7,17,20-24,31H,8-16H2,1-3H3,(H,29,33)(H,30,32)/t17?,20-,21-,22+,23?,24?,27+,28-/m0/s1. The first-order valence-corrected chi connectivity index (χ1v) is 13.2. The summed E-state index contributed by atoms with van der Waals surface area (Å²) in [6.45, 7) is 6.63. The predicted molar refractivity (Wildman–Crippen MR) is 131 cm³/mol. The van der Waals surface area contributed by atoms with Crippen molar-refractivity contribution in [3.05, 3.63) is 29.8 Å². The molecule has 6 heteroatoms. The van der Waals surface area contributed by atoms with Crippen LogP contribution in [0.5, 0.6) is 0 Å². The number of hydrogen-bond donors (Lipinski definition) is 3. The Hall–Kier alpha value is -1.92. The van der Waals surface area contributed by atoms with Gasteiger partial charge in [-0.25, -0.2) is 0 Å². The first-order valence-electron chi connectivity index (χ1n) is 13.2. The molecule has 2 amide bonds. The van der Waals surface area contributed by atoms with Crippen LogP contribution in [-0.4, -0.2) is 35.7 Å². The normalized spacial score (nSPS) is 39.9. The van der Waals surface area contributed by atoms with Gasteiger partial charge in [-0.3, -0.25) is 9.59 Å². The second-order valence-corrected chi connectivity index (χ2v) is 11.8. The van der Waals surface area contributed by atoms with Gasteiger partial charge in [0.25, 0.3) is 0 Å². The monoisotopic (exact) mass is 468 g/mol. The van der Waals surface area contributed by atoms with Gasteiger partial charge in [-0.15, -0.1) is 0 Å². The molecule has 0 spiro atoms. The van der Waals surface area contributed by atoms with Crippen LogP contribution in [0.3, 0.4) is 0 Å². The Balaban J connectivity index is 1.20. The number of aliphatic hydroxyl groups is 1. The topological polar surface area (TPSA) is 87.7 Å². The van der Waals surface area contributed by atoms with E-state index in [1.54, 1.807) is 6.92 Å². The summed E-state index contributed by atoms with van der Waals surface area (Å²) in [5, 5.41) is 15.9. The van der Waals surface area contributed by atoms with E-state index in [9.17, 15) is 14.7 Å². The maximum absolute atomic E-state index is 12.6. The summed E-state index contributed by atoms with van der Waals surface area (Å²) < 4.78 is 6.29. The van der Waals surface area contributed by atoms with Gasteiger partial charge in [0, 0.05) is 18.2 Å². The van der Waals surface area contributed by atoms with Crippen LogP contribution in [0, 0.1) is 28.6 Å². The van der Waals surface area contributed by atoms with E-state index in [0.29, 0.717) is 30.2 Å². The molecule has 3 unspecified atom stereocenters. The smallest absolute Gasteiger partial charge is 0.250 e. The largest absolute Gasteiger partial charge is 0.389 e. The zero-order valence-corrected chi connectivity index (χ0v) is 20.8. The zero-order valence-electron chi connectivity index (χ0n) is 20.8. The summed E-state index contributed by atoms with van der Waals surface area (Å²) in [5.74, 6) is 2.12. The van der Waals surface area contributed by atoms with Crippen molar-refractivity contribution in [3.63, 3.8) is 0 Å². The Kier molecular flexibility index (Phi) is 6.26. The lowest BCUT2D eigenvalue weighted by atomic mass is 9.47. The van der Waals surface area contributed by atoms with E-state index < -0.39 is 6.10 Å². The Morgan fingerprint density at radius 2 is 1.82 bits per heavy atom. The van der Waals surface area contributed by atoms with E-state index in [1.807, 2.05) is 24.3 Å². The number of piperidine rings is 1. The number of carbonyl (C=O) groups is 2. The lowest BCUT2D eigenvalue weighted by Crippen LogP contribution is -2.61. The number of carbonyl (C=O) groups excluding carboxylic acids is 2. The third-order valence-electron chi connectivity index (χ3n) is 10.1. The molecule has 3 saturated carbocycles. The number of aliphatic hydroxyl groups excluding tert-OH is 1. The highest BCUT2D eigenvalue weighted by atomic mass is 16.5. The second-order valence-electron chi connectivity index (χ2n) is 11.8. The molecule has 34 heavy (non-hydrogen) atoms. The van der Waals surface area contributed by atoms with E-state index in [1.165, 1.54) is 19.3 Å². The van der Waals surface area contributed by atoms with E-state index in [-0.39, 0.29) is 35.4 Å². The van der Waals surface area contributed by atoms with Crippen LogP contribution in [0.1, 0.15) is 83.8 Å². The molecule has 3 aliphatic carbocycles. The Morgan fingerprint density at radius 1 is 1.09 bits per heavy atom. The molecule has 1 saturated heterocycles. The number of ether oxygens (including phenoxy) is 1. The fourth-order valence-corrected chi connectivity index (χ4v) is 8.15. The minimum Gasteiger partial charge on any atom is -0.389 e. The number of hydrogen-bond acceptors (Lipinski definition) is 4. The fourth-order valence-electron chi connectivity index (χ4n) is 8.15. The lowest BCUT2D eigenvalue weighted by Gasteiger charge is -2.60. The highest BCUT2D eigenvalue weighted by Crippen LogP contribution is 2.64. The van der Waals surface area contributed by atoms with Gasteiger partial charge in [0.1, 0.15) is 6.61 Å². The molecule has 186 valence electrons. The highest BCUT2D eigenvalue weighted by Gasteiger charge is 2.60. The average Bonchev–Trinajstić information content (AvgIpc) is 3.15. The van der Waals surface area contributed by atoms with Gasteiger partial charge in [0.2, 0.25) is 11.8 Å². The minimum atomic E-state index is -0.520. The van der Waals surface area contributed by atoms with Crippen molar-refractivity contribution in [1.29, 1.82) is 0 Å². The van der Waals surface area contributed by atoms with Crippen molar-refractivity contribution in [1.82, 2.24) is 5.32 Å². The van der Waals surface area contributed by atoms with Gasteiger partial charge in [-0.05, 0) is 98.1 Å². The summed E-state index contributed by atoms with van der Waals surface area (Å²) in [6.07, 6.45) is 8.12. The maximum Gasteiger partial charge on any atom is 0.250 e. The summed E-state index contributed by atoms with van der Waals surface area (Å²) in [6, 6.07) is 7.63. The van der Waals surface area contributed by atoms with Crippen LogP contribution in [0.25, 0.3) is 0 Å². The molecule has 6 nitrogen and oxygen atoms in total. The fraction of sp³-hybridized carbons (Fsp3) is 0.714. The Labute approximate surface area is 203 Å². The molecule has 4 aliphatic rings. The predicted octanol–water partition coefficient (Wildman–Crippen LogP) is 4.58. The first-order chi connectivity index (χ1) is 16.2. The number of nitrogens with one attached hydrogen (secondary N) is 2. The van der Waals surface area contributed by atoms with Crippen LogP contribution >= 0.6 is 0 Å². The van der Waals surface area contributed by atoms with Crippen LogP contribution in [0.4, 0.5) is 5.69 Å². The number of fused-ring (bicyclic) bond motifs is 5. The van der Waals surface area contributed by atoms with Gasteiger partial charge in [0.05, 0.1) is 12.2 Å². The molecular weight excluding hydrogens is 428 g/mol. The molecule has 0 radical (unpaired) electrons. The van der Waals surface area contributed by atoms with Crippen molar-refractivity contribution in [2.45, 2.75) is 90.4 Å². The average molecular weight is 469 g/mol. The molecular formula is C28H40N2O4. The molecule has 0 bridgehead atoms. The third-order valence-corrected chi connectivity index (χ3v) is 10.1. The van der Waals surface area contributed by atoms with Crippen molar-refractivity contribution in [2.75, 3.05) is 11.9 Å². The second kappa shape index (κ2) is 8.94. The molecule has 5 rings (SSSR count). The van der Waals surface area contributed by atoms with Crippen molar-refractivity contribution >= 4 is 17.5 Å². The van der Waals surface area contributed by atoms with Crippen LogP contribution in [0.15, 0.2) is 24.3 Å². The lowest BCUT2D eigenvalue weighted by molar-refractivity contribution is -0.143. The Morgan fingerprint density at radius 3 is 2.56 bits per heavy atom. The number of rotatable bonds is 5. The summed E-state index contributed by atoms with van der Waals surface area (Å²) in [7, 11) is 0. The molecule has 8 atom stereocenters. The third kappa shape index (κ3) is 4.07. The van der Waals surface area contributed by atoms with Crippen LogP contribution < -0.4 is 10.6 Å². The number of amides is 2. The molecule has 1 aromatic carbocycles. The van der Waals surface area contributed by atoms with E-state index in [0.717, 1.165) is 36.9 Å². The quantitative estimate of drug-likeness (QED) is 0.590. The highest BCUT2D eigenvalue weighted by molar-refractivity contribution is 5.91. The van der Waals surface area contributed by atoms with Crippen LogP contribution in [-0.2, 0) is 14.3 Å². The first kappa shape index (κ1) is 23.8. The van der Waals surface area contributed by atoms with Gasteiger partial charge in [0.15, 0.2) is 0 Å². The number of anilines is 1. The summed E-state index contributed by atoms with van der Waals surface area (Å²) >= 11 is 0. The van der Waals surface area contributed by atoms with Crippen molar-refractivity contribution < 1.29 is 19.4 Å². The van der Waals surface area contributed by atoms with Gasteiger partial charge in [-0.1, -0.05) is 26.0 Å². The number of benzene rings is 1. The maximum atomic E-state index is 12.6. The van der Waals surface area contributed by atoms with Crippen molar-refractivity contribution in [2.24, 2.45) is 28.6 Å². The molecule has 4 fully saturated rings. The molecule has 1 aromatic rings. The zero-order chi connectivity index (χ0) is 24.1. The van der Waals surface area contributed by atoms with E-state index in [4.69, 9.17) is 4.74 Å². The van der Waals surface area contributed by atoms with E-state index in [2.05, 4.69) is 24.5 Å². The van der Waals surface area contributed by atoms with E-state index >= 15 is 0 Å². The minimum absolute atomic E-state index is 0.0745. The summed E-state index contributed by atoms with van der Waals surface area (Å²) in [5.41, 5.74) is 1.90. The Bertz CT molecular complexity index is 931. The molecule has 0 aromatic heterocycles. The molecule has 1 heterocycles. The van der Waals surface area contributed by atoms with Gasteiger partial charge >= 0.3 is 0 Å². The van der Waals surface area contributed by atoms with Gasteiger partial charge in [-0.2, -0.15) is 0 Å². The van der Waals surface area contributed by atoms with Gasteiger partial charge < -0.3 is 20.5 Å². The van der Waals surface area contributed by atoms with Crippen LogP contribution in [0.2, 0.25) is 0 Å². The molecule has 1 aliphatic heterocycles. The van der Waals surface area contributed by atoms with Crippen molar-refractivity contribution in [3.8, 4) is 0 Å². The SMILES string of the molecule is CC(O)c1ccc(NC(=O)COC2CC[C@H]3[C@@H]4CCC5NC(=O)CC[C@]5(C)[C@@H]4CC[C@]23C)cc1.